The smallest absolute Gasteiger partial charge is 0.306 e. The molecule has 0 fully saturated rings. The molecule has 3 aromatic rings. The van der Waals surface area contributed by atoms with E-state index in [0.717, 1.165) is 10.6 Å². The third-order valence-corrected chi connectivity index (χ3v) is 5.09. The number of hydrogen-bond acceptors (Lipinski definition) is 7. The van der Waals surface area contributed by atoms with Crippen LogP contribution in [0.1, 0.15) is 22.7 Å². The first-order valence-corrected chi connectivity index (χ1v) is 10.1. The van der Waals surface area contributed by atoms with Crippen LogP contribution in [0.15, 0.2) is 47.8 Å². The summed E-state index contributed by atoms with van der Waals surface area (Å²) in [5, 5.41) is 2.57. The van der Waals surface area contributed by atoms with Crippen LogP contribution in [0.25, 0.3) is 0 Å². The Bertz CT molecular complexity index is 974. The molecule has 1 aromatic heterocycles. The molecule has 0 atom stereocenters. The fraction of sp³-hybridized carbons (Fsp3) is 0.273. The number of rotatable bonds is 10. The van der Waals surface area contributed by atoms with Crippen molar-refractivity contribution in [2.75, 3.05) is 14.2 Å². The van der Waals surface area contributed by atoms with Gasteiger partial charge in [-0.25, -0.2) is 9.37 Å². The monoisotopic (exact) mass is 431 g/mol. The van der Waals surface area contributed by atoms with Crippen LogP contribution < -0.4 is 14.2 Å². The number of carbonyl (C=O) groups is 1. The predicted molar refractivity (Wildman–Crippen MR) is 111 cm³/mol. The number of halogens is 1. The van der Waals surface area contributed by atoms with E-state index in [-0.39, 0.29) is 31.4 Å². The molecule has 0 bridgehead atoms. The van der Waals surface area contributed by atoms with Gasteiger partial charge in [0, 0.05) is 11.8 Å². The van der Waals surface area contributed by atoms with Gasteiger partial charge in [0.2, 0.25) is 0 Å². The fourth-order valence-electron chi connectivity index (χ4n) is 2.67. The lowest BCUT2D eigenvalue weighted by Crippen LogP contribution is -2.06. The summed E-state index contributed by atoms with van der Waals surface area (Å²) in [6, 6.07) is 11.3. The van der Waals surface area contributed by atoms with Crippen LogP contribution in [-0.4, -0.2) is 25.2 Å². The number of aryl methyl sites for hydroxylation is 1. The summed E-state index contributed by atoms with van der Waals surface area (Å²) in [5.41, 5.74) is 1.62. The van der Waals surface area contributed by atoms with Gasteiger partial charge in [0.15, 0.2) is 11.5 Å². The summed E-state index contributed by atoms with van der Waals surface area (Å²) in [6.07, 6.45) is 0.785. The van der Waals surface area contributed by atoms with Gasteiger partial charge in [-0.05, 0) is 48.4 Å². The highest BCUT2D eigenvalue weighted by Crippen LogP contribution is 2.28. The van der Waals surface area contributed by atoms with Gasteiger partial charge in [-0.3, -0.25) is 4.79 Å². The molecule has 0 radical (unpaired) electrons. The van der Waals surface area contributed by atoms with Gasteiger partial charge in [0.1, 0.15) is 29.8 Å². The minimum Gasteiger partial charge on any atom is -0.493 e. The first-order valence-electron chi connectivity index (χ1n) is 9.25. The lowest BCUT2D eigenvalue weighted by Gasteiger charge is -2.09. The zero-order valence-electron chi connectivity index (χ0n) is 16.7. The molecule has 0 aliphatic carbocycles. The van der Waals surface area contributed by atoms with Crippen LogP contribution in [0.2, 0.25) is 0 Å². The van der Waals surface area contributed by atoms with Crippen molar-refractivity contribution in [2.24, 2.45) is 0 Å². The highest BCUT2D eigenvalue weighted by Gasteiger charge is 2.10. The van der Waals surface area contributed by atoms with E-state index in [9.17, 15) is 9.18 Å². The van der Waals surface area contributed by atoms with Gasteiger partial charge in [0.05, 0.1) is 19.9 Å². The van der Waals surface area contributed by atoms with E-state index in [4.69, 9.17) is 18.9 Å². The summed E-state index contributed by atoms with van der Waals surface area (Å²) in [4.78, 5) is 16.4. The van der Waals surface area contributed by atoms with Crippen molar-refractivity contribution < 1.29 is 28.1 Å². The van der Waals surface area contributed by atoms with Gasteiger partial charge >= 0.3 is 5.97 Å². The fourth-order valence-corrected chi connectivity index (χ4v) is 3.36. The third-order valence-electron chi connectivity index (χ3n) is 4.22. The molecule has 8 heteroatoms. The maximum atomic E-state index is 12.9. The largest absolute Gasteiger partial charge is 0.493 e. The zero-order chi connectivity index (χ0) is 21.3. The average Bonchev–Trinajstić information content (AvgIpc) is 3.23. The van der Waals surface area contributed by atoms with Crippen molar-refractivity contribution in [3.8, 4) is 17.2 Å². The van der Waals surface area contributed by atoms with Crippen molar-refractivity contribution in [1.29, 1.82) is 0 Å². The second-order valence-corrected chi connectivity index (χ2v) is 7.27. The van der Waals surface area contributed by atoms with Crippen molar-refractivity contribution >= 4 is 17.3 Å². The SMILES string of the molecule is COc1ccc(CCC(=O)OCc2csc(COc3ccc(F)cc3)n2)cc1OC. The highest BCUT2D eigenvalue weighted by atomic mass is 32.1. The van der Waals surface area contributed by atoms with Crippen LogP contribution in [-0.2, 0) is 29.2 Å². The second-order valence-electron chi connectivity index (χ2n) is 6.33. The normalized spacial score (nSPS) is 10.5. The van der Waals surface area contributed by atoms with Gasteiger partial charge in [-0.2, -0.15) is 0 Å². The van der Waals surface area contributed by atoms with Gasteiger partial charge in [-0.15, -0.1) is 11.3 Å². The number of esters is 1. The molecular formula is C22H22FNO5S. The first-order chi connectivity index (χ1) is 14.6. The van der Waals surface area contributed by atoms with E-state index in [0.29, 0.717) is 29.4 Å². The van der Waals surface area contributed by atoms with E-state index in [1.165, 1.54) is 23.5 Å². The summed E-state index contributed by atoms with van der Waals surface area (Å²) < 4.78 is 34.2. The van der Waals surface area contributed by atoms with E-state index >= 15 is 0 Å². The van der Waals surface area contributed by atoms with Crippen LogP contribution >= 0.6 is 11.3 Å². The Balaban J connectivity index is 1.42. The number of methoxy groups -OCH3 is 2. The number of carbonyl (C=O) groups excluding carboxylic acids is 1. The number of aromatic nitrogens is 1. The zero-order valence-corrected chi connectivity index (χ0v) is 17.5. The van der Waals surface area contributed by atoms with E-state index < -0.39 is 0 Å². The molecule has 0 N–H and O–H groups in total. The number of thiazole rings is 1. The van der Waals surface area contributed by atoms with Crippen molar-refractivity contribution in [2.45, 2.75) is 26.1 Å². The predicted octanol–water partition coefficient (Wildman–Crippen LogP) is 4.55. The van der Waals surface area contributed by atoms with Crippen LogP contribution in [0.4, 0.5) is 4.39 Å². The molecule has 0 saturated carbocycles. The lowest BCUT2D eigenvalue weighted by molar-refractivity contribution is -0.145. The summed E-state index contributed by atoms with van der Waals surface area (Å²) in [6.45, 7) is 0.376. The molecule has 0 aliphatic heterocycles. The molecule has 158 valence electrons. The highest BCUT2D eigenvalue weighted by molar-refractivity contribution is 7.09. The second kappa shape index (κ2) is 10.6. The number of hydrogen-bond donors (Lipinski definition) is 0. The maximum absolute atomic E-state index is 12.9. The molecule has 0 unspecified atom stereocenters. The molecule has 3 rings (SSSR count). The van der Waals surface area contributed by atoms with Crippen LogP contribution in [0.5, 0.6) is 17.2 Å². The Kier molecular flexibility index (Phi) is 7.62. The Hall–Kier alpha value is -3.13. The molecule has 0 aliphatic rings. The number of ether oxygens (including phenoxy) is 4. The van der Waals surface area contributed by atoms with Gasteiger partial charge in [0.25, 0.3) is 0 Å². The molecule has 30 heavy (non-hydrogen) atoms. The molecule has 0 spiro atoms. The van der Waals surface area contributed by atoms with E-state index in [2.05, 4.69) is 4.98 Å². The van der Waals surface area contributed by atoms with Crippen LogP contribution in [0.3, 0.4) is 0 Å². The van der Waals surface area contributed by atoms with E-state index in [1.807, 2.05) is 23.6 Å². The third kappa shape index (κ3) is 6.18. The Morgan fingerprint density at radius 3 is 2.53 bits per heavy atom. The molecular weight excluding hydrogens is 409 g/mol. The molecule has 0 saturated heterocycles. The first kappa shape index (κ1) is 21.6. The Morgan fingerprint density at radius 1 is 1.03 bits per heavy atom. The van der Waals surface area contributed by atoms with Crippen LogP contribution in [0, 0.1) is 5.82 Å². The summed E-state index contributed by atoms with van der Waals surface area (Å²) >= 11 is 1.41. The topological polar surface area (TPSA) is 66.9 Å². The summed E-state index contributed by atoms with van der Waals surface area (Å²) in [5.74, 6) is 1.22. The molecule has 2 aromatic carbocycles. The average molecular weight is 431 g/mol. The maximum Gasteiger partial charge on any atom is 0.306 e. The Labute approximate surface area is 178 Å². The standard InChI is InChI=1S/C22H22FNO5S/c1-26-19-9-3-15(11-20(19)27-2)4-10-22(25)29-12-17-14-30-21(24-17)13-28-18-7-5-16(23)6-8-18/h3,5-9,11,14H,4,10,12-13H2,1-2H3. The molecule has 0 amide bonds. The molecule has 1 heterocycles. The Morgan fingerprint density at radius 2 is 1.80 bits per heavy atom. The number of nitrogens with zero attached hydrogens (tertiary/aromatic N) is 1. The number of benzene rings is 2. The van der Waals surface area contributed by atoms with Crippen molar-refractivity contribution in [3.05, 3.63) is 69.9 Å². The lowest BCUT2D eigenvalue weighted by atomic mass is 10.1. The molecule has 6 nitrogen and oxygen atoms in total. The minimum absolute atomic E-state index is 0.109. The minimum atomic E-state index is -0.313. The van der Waals surface area contributed by atoms with Gasteiger partial charge in [-0.1, -0.05) is 6.07 Å². The van der Waals surface area contributed by atoms with Gasteiger partial charge < -0.3 is 18.9 Å². The summed E-state index contributed by atoms with van der Waals surface area (Å²) in [7, 11) is 3.15. The van der Waals surface area contributed by atoms with Crippen molar-refractivity contribution in [3.63, 3.8) is 0 Å². The van der Waals surface area contributed by atoms with E-state index in [1.54, 1.807) is 26.4 Å². The quantitative estimate of drug-likeness (QED) is 0.439. The van der Waals surface area contributed by atoms with Crippen molar-refractivity contribution in [1.82, 2.24) is 4.98 Å².